The van der Waals surface area contributed by atoms with Gasteiger partial charge in [0.05, 0.1) is 17.7 Å². The van der Waals surface area contributed by atoms with Crippen molar-refractivity contribution in [2.24, 2.45) is 0 Å². The Morgan fingerprint density at radius 3 is 2.94 bits per heavy atom. The van der Waals surface area contributed by atoms with Crippen molar-refractivity contribution in [1.29, 1.82) is 0 Å². The summed E-state index contributed by atoms with van der Waals surface area (Å²) in [5.41, 5.74) is 6.43. The Labute approximate surface area is 107 Å². The van der Waals surface area contributed by atoms with E-state index in [-0.39, 0.29) is 5.97 Å². The molecule has 0 aliphatic carbocycles. The number of hydrogen-bond donors (Lipinski definition) is 1. The molecule has 0 saturated carbocycles. The Morgan fingerprint density at radius 2 is 2.29 bits per heavy atom. The van der Waals surface area contributed by atoms with Gasteiger partial charge in [-0.15, -0.1) is 22.7 Å². The summed E-state index contributed by atoms with van der Waals surface area (Å²) in [6, 6.07) is 5.65. The van der Waals surface area contributed by atoms with Gasteiger partial charge in [-0.1, -0.05) is 6.07 Å². The van der Waals surface area contributed by atoms with Crippen molar-refractivity contribution >= 4 is 46.5 Å². The molecule has 0 saturated heterocycles. The number of methoxy groups -OCH3 is 1. The molecule has 2 N–H and O–H groups in total. The van der Waals surface area contributed by atoms with Crippen molar-refractivity contribution in [2.45, 2.75) is 0 Å². The lowest BCUT2D eigenvalue weighted by molar-refractivity contribution is 0.0606. The first-order valence-electron chi connectivity index (χ1n) is 4.90. The molecule has 0 aromatic carbocycles. The van der Waals surface area contributed by atoms with E-state index in [1.165, 1.54) is 18.4 Å². The van der Waals surface area contributed by atoms with Gasteiger partial charge in [-0.25, -0.2) is 4.79 Å². The summed E-state index contributed by atoms with van der Waals surface area (Å²) in [5, 5.41) is 2.01. The summed E-state index contributed by atoms with van der Waals surface area (Å²) in [5.74, 6) is -0.350. The maximum atomic E-state index is 11.3. The first-order chi connectivity index (χ1) is 8.20. The highest BCUT2D eigenvalue weighted by atomic mass is 32.1. The van der Waals surface area contributed by atoms with E-state index in [2.05, 4.69) is 4.74 Å². The summed E-state index contributed by atoms with van der Waals surface area (Å²) in [4.78, 5) is 13.9. The van der Waals surface area contributed by atoms with Crippen LogP contribution in [0, 0.1) is 0 Å². The highest BCUT2D eigenvalue weighted by Crippen LogP contribution is 2.27. The predicted molar refractivity (Wildman–Crippen MR) is 73.3 cm³/mol. The van der Waals surface area contributed by atoms with Crippen LogP contribution >= 0.6 is 22.7 Å². The first-order valence-corrected chi connectivity index (χ1v) is 6.59. The van der Waals surface area contributed by atoms with E-state index in [1.807, 2.05) is 29.7 Å². The van der Waals surface area contributed by atoms with Crippen LogP contribution in [-0.4, -0.2) is 13.1 Å². The summed E-state index contributed by atoms with van der Waals surface area (Å²) in [6.07, 6.45) is 3.90. The molecule has 0 bridgehead atoms. The average Bonchev–Trinajstić information content (AvgIpc) is 2.95. The molecule has 2 aromatic heterocycles. The lowest BCUT2D eigenvalue weighted by Gasteiger charge is -1.91. The van der Waals surface area contributed by atoms with E-state index >= 15 is 0 Å². The summed E-state index contributed by atoms with van der Waals surface area (Å²) >= 11 is 2.98. The van der Waals surface area contributed by atoms with Gasteiger partial charge in [-0.3, -0.25) is 0 Å². The van der Waals surface area contributed by atoms with Crippen LogP contribution in [0.15, 0.2) is 23.6 Å². The Balaban J connectivity index is 2.22. The van der Waals surface area contributed by atoms with Crippen molar-refractivity contribution < 1.29 is 9.53 Å². The number of ether oxygens (including phenoxy) is 1. The van der Waals surface area contributed by atoms with Crippen molar-refractivity contribution in [1.82, 2.24) is 0 Å². The average molecular weight is 265 g/mol. The normalized spacial score (nSPS) is 10.9. The second-order valence-electron chi connectivity index (χ2n) is 3.27. The fourth-order valence-corrected chi connectivity index (χ4v) is 2.81. The van der Waals surface area contributed by atoms with Gasteiger partial charge in [0.25, 0.3) is 0 Å². The van der Waals surface area contributed by atoms with Crippen molar-refractivity contribution in [3.63, 3.8) is 0 Å². The molecule has 3 nitrogen and oxygen atoms in total. The third-order valence-electron chi connectivity index (χ3n) is 2.12. The van der Waals surface area contributed by atoms with Crippen molar-refractivity contribution in [3.8, 4) is 0 Å². The van der Waals surface area contributed by atoms with Crippen LogP contribution in [0.2, 0.25) is 0 Å². The number of thiophene rings is 2. The molecule has 88 valence electrons. The van der Waals surface area contributed by atoms with Gasteiger partial charge < -0.3 is 10.5 Å². The molecule has 2 rings (SSSR count). The lowest BCUT2D eigenvalue weighted by atomic mass is 10.3. The molecule has 17 heavy (non-hydrogen) atoms. The minimum absolute atomic E-state index is 0.350. The fraction of sp³-hybridized carbons (Fsp3) is 0.0833. The van der Waals surface area contributed by atoms with E-state index in [0.29, 0.717) is 10.6 Å². The van der Waals surface area contributed by atoms with Gasteiger partial charge in [0.15, 0.2) is 0 Å². The molecule has 2 heterocycles. The van der Waals surface area contributed by atoms with Crippen molar-refractivity contribution in [3.05, 3.63) is 38.2 Å². The Hall–Kier alpha value is -1.59. The molecule has 0 amide bonds. The van der Waals surface area contributed by atoms with E-state index in [0.717, 1.165) is 9.75 Å². The molecule has 0 fully saturated rings. The fourth-order valence-electron chi connectivity index (χ4n) is 1.29. The van der Waals surface area contributed by atoms with E-state index in [9.17, 15) is 4.79 Å². The number of rotatable bonds is 3. The third-order valence-corrected chi connectivity index (χ3v) is 4.05. The maximum absolute atomic E-state index is 11.3. The Kier molecular flexibility index (Phi) is 3.61. The zero-order valence-corrected chi connectivity index (χ0v) is 10.8. The van der Waals surface area contributed by atoms with Crippen molar-refractivity contribution in [2.75, 3.05) is 12.8 Å². The highest BCUT2D eigenvalue weighted by Gasteiger charge is 2.11. The SMILES string of the molecule is COC(=O)c1cc(N)c(/C=C/c2cccs2)s1. The van der Waals surface area contributed by atoms with Crippen LogP contribution in [0.25, 0.3) is 12.2 Å². The largest absolute Gasteiger partial charge is 0.465 e. The molecule has 2 aromatic rings. The molecule has 0 aliphatic heterocycles. The van der Waals surface area contributed by atoms with E-state index in [4.69, 9.17) is 5.73 Å². The third kappa shape index (κ3) is 2.75. The molecule has 0 radical (unpaired) electrons. The zero-order chi connectivity index (χ0) is 12.3. The Morgan fingerprint density at radius 1 is 1.47 bits per heavy atom. The number of anilines is 1. The van der Waals surface area contributed by atoms with Gasteiger partial charge in [0.1, 0.15) is 4.88 Å². The number of carbonyl (C=O) groups is 1. The van der Waals surface area contributed by atoms with Gasteiger partial charge in [0, 0.05) is 4.88 Å². The number of nitrogen functional groups attached to an aromatic ring is 1. The zero-order valence-electron chi connectivity index (χ0n) is 9.17. The summed E-state index contributed by atoms with van der Waals surface area (Å²) in [6.45, 7) is 0. The second-order valence-corrected chi connectivity index (χ2v) is 5.33. The van der Waals surface area contributed by atoms with E-state index in [1.54, 1.807) is 17.4 Å². The van der Waals surface area contributed by atoms with Gasteiger partial charge in [0.2, 0.25) is 0 Å². The molecule has 0 atom stereocenters. The van der Waals surface area contributed by atoms with Crippen LogP contribution in [0.5, 0.6) is 0 Å². The molecule has 0 aliphatic rings. The molecule has 0 unspecified atom stereocenters. The smallest absolute Gasteiger partial charge is 0.348 e. The van der Waals surface area contributed by atoms with Crippen LogP contribution in [0.4, 0.5) is 5.69 Å². The quantitative estimate of drug-likeness (QED) is 0.866. The minimum atomic E-state index is -0.350. The predicted octanol–water partition coefficient (Wildman–Crippen LogP) is 3.35. The lowest BCUT2D eigenvalue weighted by Crippen LogP contribution is -1.97. The van der Waals surface area contributed by atoms with Crippen LogP contribution in [-0.2, 0) is 4.74 Å². The van der Waals surface area contributed by atoms with Crippen LogP contribution in [0.3, 0.4) is 0 Å². The monoisotopic (exact) mass is 265 g/mol. The topological polar surface area (TPSA) is 52.3 Å². The molecular formula is C12H11NO2S2. The first kappa shape index (κ1) is 11.9. The number of esters is 1. The minimum Gasteiger partial charge on any atom is -0.465 e. The molecule has 5 heteroatoms. The van der Waals surface area contributed by atoms with Crippen LogP contribution < -0.4 is 5.73 Å². The Bertz CT molecular complexity index is 541. The number of carbonyl (C=O) groups excluding carboxylic acids is 1. The number of nitrogens with two attached hydrogens (primary N) is 1. The van der Waals surface area contributed by atoms with Gasteiger partial charge in [-0.2, -0.15) is 0 Å². The number of hydrogen-bond acceptors (Lipinski definition) is 5. The standard InChI is InChI=1S/C12H11NO2S2/c1-15-12(14)11-7-9(13)10(17-11)5-4-8-3-2-6-16-8/h2-7H,13H2,1H3/b5-4+. The van der Waals surface area contributed by atoms with E-state index < -0.39 is 0 Å². The molecular weight excluding hydrogens is 254 g/mol. The summed E-state index contributed by atoms with van der Waals surface area (Å²) in [7, 11) is 1.36. The van der Waals surface area contributed by atoms with Gasteiger partial charge in [-0.05, 0) is 29.7 Å². The molecule has 0 spiro atoms. The van der Waals surface area contributed by atoms with Crippen LogP contribution in [0.1, 0.15) is 19.4 Å². The maximum Gasteiger partial charge on any atom is 0.348 e. The second kappa shape index (κ2) is 5.16. The van der Waals surface area contributed by atoms with Gasteiger partial charge >= 0.3 is 5.97 Å². The summed E-state index contributed by atoms with van der Waals surface area (Å²) < 4.78 is 4.65. The highest BCUT2D eigenvalue weighted by molar-refractivity contribution is 7.15.